The molecule has 0 radical (unpaired) electrons. The van der Waals surface area contributed by atoms with E-state index in [-0.39, 0.29) is 5.71 Å². The molecule has 1 atom stereocenters. The molecule has 0 saturated heterocycles. The highest BCUT2D eigenvalue weighted by Gasteiger charge is 2.20. The highest BCUT2D eigenvalue weighted by molar-refractivity contribution is 9.10. The fraction of sp³-hybridized carbons (Fsp3) is 0.125. The van der Waals surface area contributed by atoms with Crippen LogP contribution in [0, 0.1) is 0 Å². The number of halogens is 1. The van der Waals surface area contributed by atoms with Crippen LogP contribution in [0.3, 0.4) is 0 Å². The molecule has 2 rings (SSSR count). The summed E-state index contributed by atoms with van der Waals surface area (Å²) in [6.45, 7) is 0. The predicted molar refractivity (Wildman–Crippen MR) is 68.5 cm³/mol. The van der Waals surface area contributed by atoms with Gasteiger partial charge in [0.15, 0.2) is 5.71 Å². The zero-order valence-corrected chi connectivity index (χ0v) is 11.7. The summed E-state index contributed by atoms with van der Waals surface area (Å²) in [5.74, 6) is -0.632. The van der Waals surface area contributed by atoms with Gasteiger partial charge in [-0.2, -0.15) is 4.40 Å². The van der Waals surface area contributed by atoms with E-state index in [2.05, 4.69) is 34.8 Å². The van der Waals surface area contributed by atoms with E-state index in [9.17, 15) is 9.00 Å². The monoisotopic (exact) mass is 335 g/mol. The quantitative estimate of drug-likeness (QED) is 0.819. The number of hydrogen-bond acceptors (Lipinski definition) is 5. The fourth-order valence-electron chi connectivity index (χ4n) is 1.08. The van der Waals surface area contributed by atoms with Crippen LogP contribution in [0.4, 0.5) is 0 Å². The maximum absolute atomic E-state index is 11.4. The van der Waals surface area contributed by atoms with Crippen molar-refractivity contribution in [3.05, 3.63) is 21.1 Å². The van der Waals surface area contributed by atoms with E-state index in [1.807, 2.05) is 0 Å². The summed E-state index contributed by atoms with van der Waals surface area (Å²) in [6.07, 6.45) is 1.46. The van der Waals surface area contributed by atoms with Crippen LogP contribution in [0.25, 0.3) is 5.70 Å². The third kappa shape index (κ3) is 2.79. The number of aromatic nitrogens is 1. The van der Waals surface area contributed by atoms with Gasteiger partial charge in [-0.1, -0.05) is 0 Å². The van der Waals surface area contributed by atoms with Gasteiger partial charge in [-0.15, -0.1) is 11.3 Å². The SMILES string of the molecule is COC(=O)C1=NS(=O)NC(c2nc(Br)cs2)=C1. The molecule has 0 bridgehead atoms. The summed E-state index contributed by atoms with van der Waals surface area (Å²) >= 11 is 2.87. The number of esters is 1. The molecule has 1 aromatic rings. The Morgan fingerprint density at radius 1 is 1.65 bits per heavy atom. The second-order valence-electron chi connectivity index (χ2n) is 2.85. The number of nitrogens with zero attached hydrogens (tertiary/aromatic N) is 2. The largest absolute Gasteiger partial charge is 0.464 e. The summed E-state index contributed by atoms with van der Waals surface area (Å²) < 4.78 is 22.9. The summed E-state index contributed by atoms with van der Waals surface area (Å²) in [5.41, 5.74) is 0.486. The van der Waals surface area contributed by atoms with Gasteiger partial charge in [0.2, 0.25) is 11.2 Å². The number of carbonyl (C=O) groups excluding carboxylic acids is 1. The molecule has 17 heavy (non-hydrogen) atoms. The normalized spacial score (nSPS) is 19.1. The van der Waals surface area contributed by atoms with Crippen LogP contribution < -0.4 is 4.72 Å². The minimum Gasteiger partial charge on any atom is -0.464 e. The third-order valence-electron chi connectivity index (χ3n) is 1.76. The molecule has 2 heterocycles. The standard InChI is InChI=1S/C8H6BrN3O3S2/c1-15-8(13)5-2-4(11-17(14)12-5)7-10-6(9)3-16-7/h2-3,11H,1H3. The van der Waals surface area contributed by atoms with Crippen LogP contribution in [0.5, 0.6) is 0 Å². The number of ether oxygens (including phenoxy) is 1. The molecule has 6 nitrogen and oxygen atoms in total. The minimum atomic E-state index is -1.69. The Labute approximate surface area is 112 Å². The number of rotatable bonds is 2. The molecule has 1 aliphatic heterocycles. The average Bonchev–Trinajstić information content (AvgIpc) is 2.74. The van der Waals surface area contributed by atoms with Gasteiger partial charge in [-0.25, -0.2) is 14.0 Å². The molecule has 1 aliphatic rings. The molecule has 90 valence electrons. The molecular weight excluding hydrogens is 330 g/mol. The molecule has 0 saturated carbocycles. The van der Waals surface area contributed by atoms with Crippen molar-refractivity contribution in [2.75, 3.05) is 7.11 Å². The lowest BCUT2D eigenvalue weighted by Crippen LogP contribution is -2.25. The van der Waals surface area contributed by atoms with Gasteiger partial charge in [0.05, 0.1) is 12.8 Å². The molecule has 1 N–H and O–H groups in total. The first-order valence-corrected chi connectivity index (χ1v) is 7.06. The number of methoxy groups -OCH3 is 1. The summed E-state index contributed by atoms with van der Waals surface area (Å²) in [6, 6.07) is 0. The van der Waals surface area contributed by atoms with Crippen molar-refractivity contribution in [1.82, 2.24) is 9.71 Å². The first kappa shape index (κ1) is 12.4. The van der Waals surface area contributed by atoms with Gasteiger partial charge in [0, 0.05) is 5.38 Å². The zero-order valence-electron chi connectivity index (χ0n) is 8.47. The Hall–Kier alpha value is -1.06. The Morgan fingerprint density at radius 2 is 2.41 bits per heavy atom. The number of carbonyl (C=O) groups is 1. The predicted octanol–water partition coefficient (Wildman–Crippen LogP) is 1.04. The van der Waals surface area contributed by atoms with E-state index in [0.29, 0.717) is 15.3 Å². The van der Waals surface area contributed by atoms with E-state index >= 15 is 0 Å². The van der Waals surface area contributed by atoms with Crippen LogP contribution in [-0.4, -0.2) is 28.0 Å². The van der Waals surface area contributed by atoms with Crippen LogP contribution in [-0.2, 0) is 20.7 Å². The van der Waals surface area contributed by atoms with Crippen molar-refractivity contribution in [3.63, 3.8) is 0 Å². The van der Waals surface area contributed by atoms with Gasteiger partial charge in [0.1, 0.15) is 9.61 Å². The van der Waals surface area contributed by atoms with Crippen LogP contribution in [0.15, 0.2) is 20.5 Å². The van der Waals surface area contributed by atoms with Crippen LogP contribution >= 0.6 is 27.3 Å². The zero-order chi connectivity index (χ0) is 12.4. The maximum Gasteiger partial charge on any atom is 0.357 e. The van der Waals surface area contributed by atoms with Gasteiger partial charge in [-0.3, -0.25) is 4.72 Å². The van der Waals surface area contributed by atoms with E-state index in [1.54, 1.807) is 5.38 Å². The van der Waals surface area contributed by atoms with Crippen molar-refractivity contribution in [2.45, 2.75) is 0 Å². The van der Waals surface area contributed by atoms with E-state index in [1.165, 1.54) is 24.5 Å². The second-order valence-corrected chi connectivity index (χ2v) is 5.41. The molecule has 0 amide bonds. The first-order valence-electron chi connectivity index (χ1n) is 4.29. The molecule has 0 aliphatic carbocycles. The molecule has 1 unspecified atom stereocenters. The summed E-state index contributed by atoms with van der Waals surface area (Å²) in [7, 11) is 1.24. The molecule has 1 aromatic heterocycles. The van der Waals surface area contributed by atoms with Crippen LogP contribution in [0.2, 0.25) is 0 Å². The van der Waals surface area contributed by atoms with Crippen molar-refractivity contribution >= 4 is 55.8 Å². The average molecular weight is 336 g/mol. The van der Waals surface area contributed by atoms with Crippen molar-refractivity contribution < 1.29 is 13.7 Å². The van der Waals surface area contributed by atoms with Crippen molar-refractivity contribution in [1.29, 1.82) is 0 Å². The third-order valence-corrected chi connectivity index (χ3v) is 4.10. The lowest BCUT2D eigenvalue weighted by Gasteiger charge is -2.10. The lowest BCUT2D eigenvalue weighted by molar-refractivity contribution is -0.132. The molecule has 0 aromatic carbocycles. The Kier molecular flexibility index (Phi) is 3.69. The van der Waals surface area contributed by atoms with Gasteiger partial charge < -0.3 is 4.74 Å². The van der Waals surface area contributed by atoms with E-state index in [4.69, 9.17) is 0 Å². The Bertz CT molecular complexity index is 552. The molecule has 0 spiro atoms. The molecular formula is C8H6BrN3O3S2. The van der Waals surface area contributed by atoms with E-state index in [0.717, 1.165) is 0 Å². The summed E-state index contributed by atoms with van der Waals surface area (Å²) in [5, 5.41) is 2.39. The van der Waals surface area contributed by atoms with Crippen LogP contribution in [0.1, 0.15) is 5.01 Å². The number of hydrogen-bond donors (Lipinski definition) is 1. The molecule has 9 heteroatoms. The topological polar surface area (TPSA) is 80.6 Å². The summed E-state index contributed by atoms with van der Waals surface area (Å²) in [4.78, 5) is 15.5. The fourth-order valence-corrected chi connectivity index (χ4v) is 3.07. The second kappa shape index (κ2) is 5.07. The highest BCUT2D eigenvalue weighted by Crippen LogP contribution is 2.22. The Balaban J connectivity index is 2.36. The smallest absolute Gasteiger partial charge is 0.357 e. The number of thiazole rings is 1. The van der Waals surface area contributed by atoms with Crippen molar-refractivity contribution in [3.8, 4) is 0 Å². The maximum atomic E-state index is 11.4. The van der Waals surface area contributed by atoms with Gasteiger partial charge in [-0.05, 0) is 22.0 Å². The van der Waals surface area contributed by atoms with Gasteiger partial charge in [0.25, 0.3) is 0 Å². The van der Waals surface area contributed by atoms with Crippen molar-refractivity contribution in [2.24, 2.45) is 4.40 Å². The molecule has 0 fully saturated rings. The van der Waals surface area contributed by atoms with E-state index < -0.39 is 17.1 Å². The first-order chi connectivity index (χ1) is 8.10. The minimum absolute atomic E-state index is 0.00547. The van der Waals surface area contributed by atoms with Gasteiger partial charge >= 0.3 is 5.97 Å². The Morgan fingerprint density at radius 3 is 3.00 bits per heavy atom. The number of nitrogens with one attached hydrogen (secondary N) is 1. The highest BCUT2D eigenvalue weighted by atomic mass is 79.9. The lowest BCUT2D eigenvalue weighted by atomic mass is 10.3.